The summed E-state index contributed by atoms with van der Waals surface area (Å²) >= 11 is 0. The second-order valence-electron chi connectivity index (χ2n) is 5.82. The molecule has 1 atom stereocenters. The van der Waals surface area contributed by atoms with Gasteiger partial charge in [0.25, 0.3) is 0 Å². The maximum absolute atomic E-state index is 11.9. The van der Waals surface area contributed by atoms with E-state index in [1.54, 1.807) is 12.1 Å². The highest BCUT2D eigenvalue weighted by molar-refractivity contribution is 5.71. The minimum atomic E-state index is -0.348. The lowest BCUT2D eigenvalue weighted by Gasteiger charge is -2.46. The van der Waals surface area contributed by atoms with Crippen LogP contribution in [0.15, 0.2) is 24.3 Å². The Balaban J connectivity index is 1.47. The number of para-hydroxylation sites is 2. The number of esters is 1. The highest BCUT2D eigenvalue weighted by Crippen LogP contribution is 2.42. The van der Waals surface area contributed by atoms with Crippen molar-refractivity contribution in [2.75, 3.05) is 18.9 Å². The summed E-state index contributed by atoms with van der Waals surface area (Å²) in [5, 5.41) is 0. The number of rotatable bonds is 4. The van der Waals surface area contributed by atoms with Crippen molar-refractivity contribution < 1.29 is 19.0 Å². The molecule has 0 amide bonds. The predicted octanol–water partition coefficient (Wildman–Crippen LogP) is 2.29. The first kappa shape index (κ1) is 14.2. The molecule has 0 radical (unpaired) electrons. The Labute approximate surface area is 124 Å². The Morgan fingerprint density at radius 1 is 1.38 bits per heavy atom. The molecule has 5 nitrogen and oxygen atoms in total. The van der Waals surface area contributed by atoms with E-state index in [4.69, 9.17) is 19.9 Å². The molecular weight excluding hydrogens is 270 g/mol. The fourth-order valence-electron chi connectivity index (χ4n) is 2.97. The van der Waals surface area contributed by atoms with E-state index in [9.17, 15) is 4.79 Å². The van der Waals surface area contributed by atoms with Gasteiger partial charge in [0.2, 0.25) is 0 Å². The average molecular weight is 291 g/mol. The molecule has 1 heterocycles. The summed E-state index contributed by atoms with van der Waals surface area (Å²) in [6.45, 7) is 0.559. The largest absolute Gasteiger partial charge is 0.480 e. The van der Waals surface area contributed by atoms with Gasteiger partial charge in [-0.1, -0.05) is 12.1 Å². The van der Waals surface area contributed by atoms with Gasteiger partial charge in [-0.2, -0.15) is 0 Å². The highest BCUT2D eigenvalue weighted by atomic mass is 16.6. The lowest BCUT2D eigenvalue weighted by molar-refractivity contribution is -0.182. The summed E-state index contributed by atoms with van der Waals surface area (Å²) in [5.74, 6) is 0.163. The standard InChI is InChI=1S/C16H21NO4/c17-13-4-1-2-5-14(13)19-11-15(18)21-12-6-9-20-16(10-12)7-3-8-16/h1-2,4-5,12H,3,6-11,17H2. The zero-order chi connectivity index (χ0) is 14.7. The van der Waals surface area contributed by atoms with Crippen molar-refractivity contribution in [2.45, 2.75) is 43.8 Å². The number of hydrogen-bond acceptors (Lipinski definition) is 5. The van der Waals surface area contributed by atoms with E-state index in [1.807, 2.05) is 12.1 Å². The number of carbonyl (C=O) groups excluding carboxylic acids is 1. The van der Waals surface area contributed by atoms with Crippen LogP contribution in [-0.4, -0.2) is 30.9 Å². The molecule has 1 spiro atoms. The molecule has 1 saturated heterocycles. The maximum Gasteiger partial charge on any atom is 0.344 e. The van der Waals surface area contributed by atoms with Crippen LogP contribution in [0, 0.1) is 0 Å². The molecule has 2 fully saturated rings. The fraction of sp³-hybridized carbons (Fsp3) is 0.562. The van der Waals surface area contributed by atoms with Crippen LogP contribution >= 0.6 is 0 Å². The molecule has 0 aromatic heterocycles. The molecule has 1 saturated carbocycles. The van der Waals surface area contributed by atoms with E-state index in [0.29, 0.717) is 18.0 Å². The van der Waals surface area contributed by atoms with E-state index in [-0.39, 0.29) is 24.3 Å². The van der Waals surface area contributed by atoms with Crippen molar-refractivity contribution in [3.63, 3.8) is 0 Å². The van der Waals surface area contributed by atoms with Crippen LogP contribution in [0.4, 0.5) is 5.69 Å². The molecule has 21 heavy (non-hydrogen) atoms. The Kier molecular flexibility index (Phi) is 4.01. The monoisotopic (exact) mass is 291 g/mol. The van der Waals surface area contributed by atoms with Gasteiger partial charge in [0, 0.05) is 12.8 Å². The molecule has 5 heteroatoms. The normalized spacial score (nSPS) is 23.3. The van der Waals surface area contributed by atoms with Crippen LogP contribution < -0.4 is 10.5 Å². The summed E-state index contributed by atoms with van der Waals surface area (Å²) in [6, 6.07) is 7.11. The Morgan fingerprint density at radius 2 is 2.19 bits per heavy atom. The zero-order valence-electron chi connectivity index (χ0n) is 12.0. The summed E-state index contributed by atoms with van der Waals surface area (Å²) in [7, 11) is 0. The molecule has 2 aliphatic rings. The number of anilines is 1. The molecule has 3 rings (SSSR count). The van der Waals surface area contributed by atoms with Crippen LogP contribution in [0.1, 0.15) is 32.1 Å². The van der Waals surface area contributed by atoms with Crippen molar-refractivity contribution >= 4 is 11.7 Å². The zero-order valence-corrected chi connectivity index (χ0v) is 12.0. The third kappa shape index (κ3) is 3.29. The summed E-state index contributed by atoms with van der Waals surface area (Å²) < 4.78 is 16.7. The van der Waals surface area contributed by atoms with E-state index in [2.05, 4.69) is 0 Å². The third-order valence-corrected chi connectivity index (χ3v) is 4.28. The number of nitrogen functional groups attached to an aromatic ring is 1. The van der Waals surface area contributed by atoms with E-state index < -0.39 is 0 Å². The lowest BCUT2D eigenvalue weighted by Crippen LogP contribution is -2.48. The molecule has 1 aromatic rings. The van der Waals surface area contributed by atoms with Crippen molar-refractivity contribution in [3.8, 4) is 5.75 Å². The number of ether oxygens (including phenoxy) is 3. The second-order valence-corrected chi connectivity index (χ2v) is 5.82. The minimum absolute atomic E-state index is 0.0199. The van der Waals surface area contributed by atoms with Crippen molar-refractivity contribution in [3.05, 3.63) is 24.3 Å². The minimum Gasteiger partial charge on any atom is -0.480 e. The fourth-order valence-corrected chi connectivity index (χ4v) is 2.97. The van der Waals surface area contributed by atoms with Gasteiger partial charge in [-0.25, -0.2) is 4.79 Å². The van der Waals surface area contributed by atoms with Crippen LogP contribution in [0.25, 0.3) is 0 Å². The summed E-state index contributed by atoms with van der Waals surface area (Å²) in [4.78, 5) is 11.9. The van der Waals surface area contributed by atoms with Gasteiger partial charge >= 0.3 is 5.97 Å². The first-order valence-corrected chi connectivity index (χ1v) is 7.48. The maximum atomic E-state index is 11.9. The van der Waals surface area contributed by atoms with Gasteiger partial charge in [0.05, 0.1) is 17.9 Å². The van der Waals surface area contributed by atoms with E-state index in [0.717, 1.165) is 25.7 Å². The van der Waals surface area contributed by atoms with Gasteiger partial charge < -0.3 is 19.9 Å². The van der Waals surface area contributed by atoms with Gasteiger partial charge in [0.1, 0.15) is 11.9 Å². The molecule has 114 valence electrons. The van der Waals surface area contributed by atoms with Crippen molar-refractivity contribution in [1.29, 1.82) is 0 Å². The Morgan fingerprint density at radius 3 is 2.90 bits per heavy atom. The van der Waals surface area contributed by atoms with Crippen LogP contribution in [0.2, 0.25) is 0 Å². The van der Waals surface area contributed by atoms with Crippen LogP contribution in [0.3, 0.4) is 0 Å². The van der Waals surface area contributed by atoms with Gasteiger partial charge in [0.15, 0.2) is 6.61 Å². The molecule has 1 aliphatic heterocycles. The van der Waals surface area contributed by atoms with Gasteiger partial charge in [-0.3, -0.25) is 0 Å². The topological polar surface area (TPSA) is 70.8 Å². The number of carbonyl (C=O) groups is 1. The Hall–Kier alpha value is -1.75. The molecule has 1 unspecified atom stereocenters. The van der Waals surface area contributed by atoms with E-state index >= 15 is 0 Å². The van der Waals surface area contributed by atoms with Gasteiger partial charge in [-0.05, 0) is 31.4 Å². The number of nitrogens with two attached hydrogens (primary N) is 1. The van der Waals surface area contributed by atoms with Gasteiger partial charge in [-0.15, -0.1) is 0 Å². The predicted molar refractivity (Wildman–Crippen MR) is 78.0 cm³/mol. The van der Waals surface area contributed by atoms with Crippen LogP contribution in [0.5, 0.6) is 5.75 Å². The molecule has 2 N–H and O–H groups in total. The summed E-state index contributed by atoms with van der Waals surface area (Å²) in [6.07, 6.45) is 4.89. The lowest BCUT2D eigenvalue weighted by atomic mass is 9.74. The highest BCUT2D eigenvalue weighted by Gasteiger charge is 2.43. The van der Waals surface area contributed by atoms with E-state index in [1.165, 1.54) is 6.42 Å². The summed E-state index contributed by atoms with van der Waals surface area (Å²) in [5.41, 5.74) is 6.26. The number of benzene rings is 1. The molecule has 0 bridgehead atoms. The Bertz CT molecular complexity index is 513. The third-order valence-electron chi connectivity index (χ3n) is 4.28. The second kappa shape index (κ2) is 5.93. The quantitative estimate of drug-likeness (QED) is 0.681. The average Bonchev–Trinajstić information content (AvgIpc) is 2.45. The van der Waals surface area contributed by atoms with Crippen molar-refractivity contribution in [1.82, 2.24) is 0 Å². The molecule has 1 aromatic carbocycles. The van der Waals surface area contributed by atoms with Crippen molar-refractivity contribution in [2.24, 2.45) is 0 Å². The van der Waals surface area contributed by atoms with Crippen LogP contribution in [-0.2, 0) is 14.3 Å². The number of hydrogen-bond donors (Lipinski definition) is 1. The smallest absolute Gasteiger partial charge is 0.344 e. The first-order valence-electron chi connectivity index (χ1n) is 7.48. The SMILES string of the molecule is Nc1ccccc1OCC(=O)OC1CCOC2(CCC2)C1. The molecule has 1 aliphatic carbocycles. The first-order chi connectivity index (χ1) is 10.2. The molecular formula is C16H21NO4.